The van der Waals surface area contributed by atoms with E-state index in [9.17, 15) is 14.4 Å². The van der Waals surface area contributed by atoms with E-state index < -0.39 is 11.4 Å². The fourth-order valence-corrected chi connectivity index (χ4v) is 2.94. The van der Waals surface area contributed by atoms with E-state index in [1.54, 1.807) is 48.7 Å². The quantitative estimate of drug-likeness (QED) is 0.726. The summed E-state index contributed by atoms with van der Waals surface area (Å²) in [6, 6.07) is 12.1. The normalized spacial score (nSPS) is 11.4. The summed E-state index contributed by atoms with van der Waals surface area (Å²) in [6.07, 6.45) is 1.53. The first-order chi connectivity index (χ1) is 12.8. The molecule has 27 heavy (non-hydrogen) atoms. The monoisotopic (exact) mass is 365 g/mol. The number of hydrogen-bond acceptors (Lipinski definition) is 4. The Balaban J connectivity index is 1.69. The maximum absolute atomic E-state index is 14.2. The van der Waals surface area contributed by atoms with Gasteiger partial charge in [0.05, 0.1) is 22.9 Å². The van der Waals surface area contributed by atoms with Crippen LogP contribution >= 0.6 is 0 Å². The molecule has 0 fully saturated rings. The molecule has 3 rings (SSSR count). The molecule has 0 saturated heterocycles. The highest BCUT2D eigenvalue weighted by molar-refractivity contribution is 5.84. The van der Waals surface area contributed by atoms with Crippen LogP contribution in [0.5, 0.6) is 0 Å². The minimum absolute atomic E-state index is 0.0194. The molecule has 0 spiro atoms. The minimum atomic E-state index is -0.771. The van der Waals surface area contributed by atoms with Gasteiger partial charge in [0.2, 0.25) is 5.91 Å². The van der Waals surface area contributed by atoms with Crippen LogP contribution in [0.2, 0.25) is 0 Å². The molecule has 3 aromatic rings. The van der Waals surface area contributed by atoms with Gasteiger partial charge in [0, 0.05) is 17.6 Å². The summed E-state index contributed by atoms with van der Waals surface area (Å²) in [5, 5.41) is 12.0. The van der Waals surface area contributed by atoms with Gasteiger partial charge in [0.1, 0.15) is 18.4 Å². The lowest BCUT2D eigenvalue weighted by molar-refractivity contribution is -0.121. The lowest BCUT2D eigenvalue weighted by atomic mass is 9.94. The zero-order valence-electron chi connectivity index (χ0n) is 15.2. The van der Waals surface area contributed by atoms with Crippen molar-refractivity contribution in [1.82, 2.24) is 14.9 Å². The first kappa shape index (κ1) is 18.5. The van der Waals surface area contributed by atoms with E-state index in [1.807, 2.05) is 0 Å². The summed E-state index contributed by atoms with van der Waals surface area (Å²) in [7, 11) is 0. The summed E-state index contributed by atoms with van der Waals surface area (Å²) in [4.78, 5) is 16.5. The topological polar surface area (TPSA) is 96.7 Å². The molecule has 138 valence electrons. The van der Waals surface area contributed by atoms with Gasteiger partial charge in [-0.3, -0.25) is 4.79 Å². The fourth-order valence-electron chi connectivity index (χ4n) is 2.94. The van der Waals surface area contributed by atoms with Crippen molar-refractivity contribution in [3.8, 4) is 6.07 Å². The van der Waals surface area contributed by atoms with Crippen molar-refractivity contribution in [1.29, 1.82) is 5.26 Å². The summed E-state index contributed by atoms with van der Waals surface area (Å²) in [5.74, 6) is -0.654. The molecule has 7 heteroatoms. The van der Waals surface area contributed by atoms with Gasteiger partial charge in [0.25, 0.3) is 0 Å². The predicted octanol–water partition coefficient (Wildman–Crippen LogP) is 2.56. The van der Waals surface area contributed by atoms with Gasteiger partial charge >= 0.3 is 0 Å². The second-order valence-corrected chi connectivity index (χ2v) is 6.97. The molecule has 0 radical (unpaired) electrons. The van der Waals surface area contributed by atoms with E-state index >= 15 is 0 Å². The molecule has 0 aliphatic rings. The number of nitrogens with zero attached hydrogens (tertiary/aromatic N) is 3. The van der Waals surface area contributed by atoms with Crippen LogP contribution in [0.15, 0.2) is 42.7 Å². The Labute approximate surface area is 156 Å². The SMILES string of the molecule is CC(C)(N)c1ccc(CNC(=O)Cn2cnc3cccc(C#N)c32)cc1F. The van der Waals surface area contributed by atoms with Gasteiger partial charge in [-0.05, 0) is 37.6 Å². The summed E-state index contributed by atoms with van der Waals surface area (Å²) in [6.45, 7) is 3.68. The van der Waals surface area contributed by atoms with E-state index in [0.717, 1.165) is 0 Å². The molecule has 0 atom stereocenters. The van der Waals surface area contributed by atoms with Gasteiger partial charge < -0.3 is 15.6 Å². The van der Waals surface area contributed by atoms with Crippen molar-refractivity contribution in [2.75, 3.05) is 0 Å². The van der Waals surface area contributed by atoms with Crippen LogP contribution in [0.4, 0.5) is 4.39 Å². The largest absolute Gasteiger partial charge is 0.350 e. The zero-order chi connectivity index (χ0) is 19.6. The number of nitrogens with two attached hydrogens (primary N) is 1. The first-order valence-corrected chi connectivity index (χ1v) is 8.48. The Bertz CT molecular complexity index is 1040. The number of fused-ring (bicyclic) bond motifs is 1. The molecule has 3 N–H and O–H groups in total. The third-order valence-corrected chi connectivity index (χ3v) is 4.29. The summed E-state index contributed by atoms with van der Waals surface area (Å²) >= 11 is 0. The van der Waals surface area contributed by atoms with Crippen molar-refractivity contribution < 1.29 is 9.18 Å². The number of rotatable bonds is 5. The Kier molecular flexibility index (Phi) is 4.93. The van der Waals surface area contributed by atoms with Crippen LogP contribution in [0.25, 0.3) is 11.0 Å². The van der Waals surface area contributed by atoms with Crippen LogP contribution in [-0.2, 0) is 23.4 Å². The Hall–Kier alpha value is -3.24. The number of aromatic nitrogens is 2. The van der Waals surface area contributed by atoms with Crippen molar-refractivity contribution >= 4 is 16.9 Å². The molecular weight excluding hydrogens is 345 g/mol. The van der Waals surface area contributed by atoms with E-state index in [2.05, 4.69) is 16.4 Å². The van der Waals surface area contributed by atoms with E-state index in [4.69, 9.17) is 5.73 Å². The number of amides is 1. The third-order valence-electron chi connectivity index (χ3n) is 4.29. The standard InChI is InChI=1S/C20H20FN5O/c1-20(2,23)15-7-6-13(8-16(15)21)10-24-18(27)11-26-12-25-17-5-3-4-14(9-22)19(17)26/h3-8,12H,10-11,23H2,1-2H3,(H,24,27). The van der Waals surface area contributed by atoms with Crippen LogP contribution in [-0.4, -0.2) is 15.5 Å². The minimum Gasteiger partial charge on any atom is -0.350 e. The average molecular weight is 365 g/mol. The highest BCUT2D eigenvalue weighted by Crippen LogP contribution is 2.21. The lowest BCUT2D eigenvalue weighted by Crippen LogP contribution is -2.30. The molecule has 0 bridgehead atoms. The van der Waals surface area contributed by atoms with Gasteiger partial charge in [-0.2, -0.15) is 5.26 Å². The number of hydrogen-bond donors (Lipinski definition) is 2. The Morgan fingerprint density at radius 3 is 2.81 bits per heavy atom. The number of imidazole rings is 1. The Morgan fingerprint density at radius 1 is 1.37 bits per heavy atom. The van der Waals surface area contributed by atoms with Gasteiger partial charge in [-0.25, -0.2) is 9.37 Å². The molecule has 0 aliphatic carbocycles. The highest BCUT2D eigenvalue weighted by atomic mass is 19.1. The highest BCUT2D eigenvalue weighted by Gasteiger charge is 2.19. The van der Waals surface area contributed by atoms with Gasteiger partial charge in [-0.1, -0.05) is 18.2 Å². The molecular formula is C20H20FN5O. The molecule has 1 heterocycles. The molecule has 2 aromatic carbocycles. The number of nitriles is 1. The van der Waals surface area contributed by atoms with E-state index in [-0.39, 0.29) is 19.0 Å². The maximum Gasteiger partial charge on any atom is 0.240 e. The number of carbonyl (C=O) groups is 1. The summed E-state index contributed by atoms with van der Waals surface area (Å²) in [5.41, 5.74) is 7.96. The Morgan fingerprint density at radius 2 is 2.15 bits per heavy atom. The number of halogens is 1. The number of para-hydroxylation sites is 1. The van der Waals surface area contributed by atoms with Crippen LogP contribution in [0.3, 0.4) is 0 Å². The molecule has 6 nitrogen and oxygen atoms in total. The second-order valence-electron chi connectivity index (χ2n) is 6.97. The van der Waals surface area contributed by atoms with Crippen molar-refractivity contribution in [3.63, 3.8) is 0 Å². The third kappa shape index (κ3) is 3.96. The molecule has 1 aromatic heterocycles. The van der Waals surface area contributed by atoms with Crippen LogP contribution in [0.1, 0.15) is 30.5 Å². The lowest BCUT2D eigenvalue weighted by Gasteiger charge is -2.20. The number of nitrogens with one attached hydrogen (secondary N) is 1. The first-order valence-electron chi connectivity index (χ1n) is 8.48. The van der Waals surface area contributed by atoms with Crippen molar-refractivity contribution in [2.24, 2.45) is 5.73 Å². The van der Waals surface area contributed by atoms with E-state index in [1.165, 1.54) is 12.4 Å². The molecule has 0 unspecified atom stereocenters. The summed E-state index contributed by atoms with van der Waals surface area (Å²) < 4.78 is 15.8. The predicted molar refractivity (Wildman–Crippen MR) is 99.9 cm³/mol. The van der Waals surface area contributed by atoms with Gasteiger partial charge in [0.15, 0.2) is 0 Å². The van der Waals surface area contributed by atoms with Crippen LogP contribution in [0, 0.1) is 17.1 Å². The zero-order valence-corrected chi connectivity index (χ0v) is 15.2. The smallest absolute Gasteiger partial charge is 0.240 e. The van der Waals surface area contributed by atoms with Crippen LogP contribution < -0.4 is 11.1 Å². The maximum atomic E-state index is 14.2. The van der Waals surface area contributed by atoms with Gasteiger partial charge in [-0.15, -0.1) is 0 Å². The fraction of sp³-hybridized carbons (Fsp3) is 0.250. The van der Waals surface area contributed by atoms with E-state index in [0.29, 0.717) is 27.7 Å². The van der Waals surface area contributed by atoms with Crippen molar-refractivity contribution in [3.05, 3.63) is 65.2 Å². The number of carbonyl (C=O) groups excluding carboxylic acids is 1. The van der Waals surface area contributed by atoms with Crippen molar-refractivity contribution in [2.45, 2.75) is 32.5 Å². The number of benzene rings is 2. The average Bonchev–Trinajstić information content (AvgIpc) is 3.02. The second kappa shape index (κ2) is 7.17. The molecule has 0 aliphatic heterocycles. The molecule has 1 amide bonds. The molecule has 0 saturated carbocycles.